The molecule has 0 saturated heterocycles. The quantitative estimate of drug-likeness (QED) is 0.382. The summed E-state index contributed by atoms with van der Waals surface area (Å²) in [7, 11) is 2.05. The number of aromatic amines is 1. The number of nitrogens with one attached hydrogen (secondary N) is 2. The normalized spacial score (nSPS) is 26.9. The lowest BCUT2D eigenvalue weighted by Crippen LogP contribution is -2.44. The zero-order valence-electron chi connectivity index (χ0n) is 23.4. The van der Waals surface area contributed by atoms with Crippen molar-refractivity contribution in [2.75, 3.05) is 17.3 Å². The molecule has 0 unspecified atom stereocenters. The van der Waals surface area contributed by atoms with Gasteiger partial charge in [-0.15, -0.1) is 0 Å². The van der Waals surface area contributed by atoms with Crippen molar-refractivity contribution in [2.24, 2.45) is 17.8 Å². The summed E-state index contributed by atoms with van der Waals surface area (Å²) in [5.41, 5.74) is 1.44. The molecule has 3 N–H and O–H groups in total. The smallest absolute Gasteiger partial charge is 0.391 e. The minimum atomic E-state index is -0.644. The largest absolute Gasteiger partial charge is 0.439 e. The van der Waals surface area contributed by atoms with Gasteiger partial charge in [-0.3, -0.25) is 9.51 Å². The number of fused-ring (bicyclic) bond motifs is 1. The lowest BCUT2D eigenvalue weighted by molar-refractivity contribution is 0.105. The van der Waals surface area contributed by atoms with E-state index in [1.54, 1.807) is 0 Å². The van der Waals surface area contributed by atoms with Gasteiger partial charge in [-0.25, -0.2) is 14.8 Å². The van der Waals surface area contributed by atoms with Crippen molar-refractivity contribution in [3.05, 3.63) is 10.6 Å². The summed E-state index contributed by atoms with van der Waals surface area (Å²) in [5, 5.41) is 18.5. The Morgan fingerprint density at radius 1 is 1.08 bits per heavy atom. The van der Waals surface area contributed by atoms with E-state index in [0.29, 0.717) is 23.3 Å². The van der Waals surface area contributed by atoms with E-state index < -0.39 is 5.76 Å². The van der Waals surface area contributed by atoms with E-state index >= 15 is 0 Å². The first kappa shape index (κ1) is 26.3. The Hall–Kier alpha value is -2.95. The molecule has 11 heteroatoms. The first-order valence-electron chi connectivity index (χ1n) is 14.9. The second-order valence-corrected chi connectivity index (χ2v) is 12.3. The highest BCUT2D eigenvalue weighted by molar-refractivity contribution is 5.87. The first-order valence-corrected chi connectivity index (χ1v) is 14.9. The molecule has 6 rings (SSSR count). The monoisotopic (exact) mass is 538 g/mol. The number of anilines is 2. The van der Waals surface area contributed by atoms with Crippen molar-refractivity contribution < 1.29 is 9.63 Å². The number of hydrogen-bond acceptors (Lipinski definition) is 9. The number of H-pyrrole nitrogens is 1. The average Bonchev–Trinajstić information content (AvgIpc) is 3.48. The average molecular weight is 539 g/mol. The van der Waals surface area contributed by atoms with Crippen molar-refractivity contribution in [1.82, 2.24) is 29.7 Å². The van der Waals surface area contributed by atoms with Crippen molar-refractivity contribution in [3.8, 4) is 11.6 Å². The molecule has 11 nitrogen and oxygen atoms in total. The number of aliphatic hydroxyl groups is 1. The summed E-state index contributed by atoms with van der Waals surface area (Å²) in [6.45, 7) is 5.39. The van der Waals surface area contributed by atoms with Crippen molar-refractivity contribution in [1.29, 1.82) is 0 Å². The van der Waals surface area contributed by atoms with Crippen LogP contribution >= 0.6 is 0 Å². The van der Waals surface area contributed by atoms with E-state index in [1.165, 1.54) is 44.9 Å². The van der Waals surface area contributed by atoms with Crippen LogP contribution in [0.4, 0.5) is 11.8 Å². The van der Waals surface area contributed by atoms with Gasteiger partial charge < -0.3 is 19.9 Å². The summed E-state index contributed by atoms with van der Waals surface area (Å²) in [6.07, 6.45) is 12.1. The summed E-state index contributed by atoms with van der Waals surface area (Å²) < 4.78 is 7.06. The van der Waals surface area contributed by atoms with Gasteiger partial charge in [-0.1, -0.05) is 44.2 Å². The molecule has 3 aromatic rings. The SMILES string of the molecule is CC1CCC(Cn2c(N(C)[C@@H]3CCCC[C@@H]3O)nc3nc(-c4noc(=O)[nH]4)nc(N[C@H](C)C4CCC4)c32)CC1. The molecular weight excluding hydrogens is 496 g/mol. The fourth-order valence-electron chi connectivity index (χ4n) is 6.73. The second-order valence-electron chi connectivity index (χ2n) is 12.3. The molecule has 3 heterocycles. The van der Waals surface area contributed by atoms with Crippen molar-refractivity contribution in [3.63, 3.8) is 0 Å². The van der Waals surface area contributed by atoms with Crippen LogP contribution in [0.5, 0.6) is 0 Å². The number of hydrogen-bond donors (Lipinski definition) is 3. The molecule has 3 fully saturated rings. The van der Waals surface area contributed by atoms with Gasteiger partial charge in [0.25, 0.3) is 0 Å². The number of rotatable bonds is 8. The summed E-state index contributed by atoms with van der Waals surface area (Å²) in [5.74, 6) is 3.26. The van der Waals surface area contributed by atoms with Gasteiger partial charge in [0.2, 0.25) is 17.6 Å². The van der Waals surface area contributed by atoms with Crippen molar-refractivity contribution >= 4 is 22.9 Å². The van der Waals surface area contributed by atoms with Crippen LogP contribution in [0.2, 0.25) is 0 Å². The fraction of sp³-hybridized carbons (Fsp3) is 0.750. The summed E-state index contributed by atoms with van der Waals surface area (Å²) in [6, 6.07) is 0.242. The highest BCUT2D eigenvalue weighted by atomic mass is 16.5. The molecule has 0 spiro atoms. The Morgan fingerprint density at radius 2 is 1.85 bits per heavy atom. The molecule has 3 aromatic heterocycles. The third-order valence-electron chi connectivity index (χ3n) is 9.54. The molecule has 0 bridgehead atoms. The maximum Gasteiger partial charge on any atom is 0.439 e. The van der Waals surface area contributed by atoms with Gasteiger partial charge in [0.15, 0.2) is 11.5 Å². The molecule has 212 valence electrons. The molecule has 3 saturated carbocycles. The molecule has 39 heavy (non-hydrogen) atoms. The van der Waals surface area contributed by atoms with Crippen LogP contribution in [0.25, 0.3) is 22.8 Å². The van der Waals surface area contributed by atoms with Gasteiger partial charge in [0.1, 0.15) is 5.52 Å². The third kappa shape index (κ3) is 5.29. The van der Waals surface area contributed by atoms with E-state index in [1.807, 2.05) is 7.05 Å². The number of nitrogens with zero attached hydrogens (tertiary/aromatic N) is 6. The predicted molar refractivity (Wildman–Crippen MR) is 150 cm³/mol. The number of aliphatic hydroxyl groups excluding tert-OH is 1. The number of likely N-dealkylation sites (N-methyl/N-ethyl adjacent to an activating group) is 1. The zero-order chi connectivity index (χ0) is 27.1. The van der Waals surface area contributed by atoms with Crippen LogP contribution in [-0.2, 0) is 6.54 Å². The third-order valence-corrected chi connectivity index (χ3v) is 9.54. The standard InChI is InChI=1S/C28H42N8O3/c1-16-11-13-18(14-12-16)15-36-22-23(29-17(2)19-7-6-8-19)30-25(26-33-28(38)39-34-26)31-24(22)32-27(36)35(3)20-9-4-5-10-21(20)37/h16-21,37H,4-15H2,1-3H3,(H,29,30,31)(H,33,34,38)/t16?,17-,18?,20-,21+/m1/s1. The van der Waals surface area contributed by atoms with Crippen LogP contribution in [0, 0.1) is 17.8 Å². The lowest BCUT2D eigenvalue weighted by atomic mass is 9.80. The maximum absolute atomic E-state index is 11.7. The molecular formula is C28H42N8O3. The highest BCUT2D eigenvalue weighted by Crippen LogP contribution is 2.37. The van der Waals surface area contributed by atoms with Crippen LogP contribution in [0.1, 0.15) is 84.5 Å². The molecule has 3 aliphatic rings. The van der Waals surface area contributed by atoms with E-state index in [0.717, 1.165) is 49.6 Å². The van der Waals surface area contributed by atoms with E-state index in [9.17, 15) is 9.90 Å². The summed E-state index contributed by atoms with van der Waals surface area (Å²) >= 11 is 0. The van der Waals surface area contributed by atoms with Crippen LogP contribution in [-0.4, -0.2) is 60.0 Å². The Bertz CT molecular complexity index is 1340. The minimum absolute atomic E-state index is 0.00493. The van der Waals surface area contributed by atoms with Crippen molar-refractivity contribution in [2.45, 2.75) is 109 Å². The Labute approximate surface area is 228 Å². The molecule has 0 radical (unpaired) electrons. The molecule has 0 aliphatic heterocycles. The predicted octanol–water partition coefficient (Wildman–Crippen LogP) is 4.34. The Balaban J connectivity index is 1.47. The first-order chi connectivity index (χ1) is 18.9. The van der Waals surface area contributed by atoms with Gasteiger partial charge >= 0.3 is 5.76 Å². The molecule has 3 aliphatic carbocycles. The number of imidazole rings is 1. The highest BCUT2D eigenvalue weighted by Gasteiger charge is 2.33. The van der Waals surface area contributed by atoms with Gasteiger partial charge in [-0.05, 0) is 63.2 Å². The van der Waals surface area contributed by atoms with Crippen LogP contribution in [0.15, 0.2) is 9.32 Å². The van der Waals surface area contributed by atoms with E-state index in [-0.39, 0.29) is 29.8 Å². The molecule has 0 aromatic carbocycles. The second kappa shape index (κ2) is 10.9. The summed E-state index contributed by atoms with van der Waals surface area (Å²) in [4.78, 5) is 31.2. The zero-order valence-corrected chi connectivity index (χ0v) is 23.4. The van der Waals surface area contributed by atoms with Crippen LogP contribution < -0.4 is 16.0 Å². The van der Waals surface area contributed by atoms with Crippen LogP contribution in [0.3, 0.4) is 0 Å². The van der Waals surface area contributed by atoms with Gasteiger partial charge in [-0.2, -0.15) is 4.98 Å². The van der Waals surface area contributed by atoms with Gasteiger partial charge in [0.05, 0.1) is 12.1 Å². The van der Waals surface area contributed by atoms with E-state index in [4.69, 9.17) is 19.5 Å². The lowest BCUT2D eigenvalue weighted by Gasteiger charge is -2.36. The molecule has 3 atom stereocenters. The van der Waals surface area contributed by atoms with Gasteiger partial charge in [0, 0.05) is 19.6 Å². The maximum atomic E-state index is 11.7. The fourth-order valence-corrected chi connectivity index (χ4v) is 6.73. The Morgan fingerprint density at radius 3 is 2.51 bits per heavy atom. The topological polar surface area (TPSA) is 138 Å². The molecule has 0 amide bonds. The van der Waals surface area contributed by atoms with E-state index in [2.05, 4.69) is 38.8 Å². The number of aromatic nitrogens is 6. The minimum Gasteiger partial charge on any atom is -0.391 e. The Kier molecular flexibility index (Phi) is 7.35.